The molecule has 1 aromatic rings. The summed E-state index contributed by atoms with van der Waals surface area (Å²) in [5.74, 6) is 0. The lowest BCUT2D eigenvalue weighted by atomic mass is 10.1. The van der Waals surface area contributed by atoms with Crippen molar-refractivity contribution in [1.82, 2.24) is 4.90 Å². The van der Waals surface area contributed by atoms with Crippen LogP contribution in [0.25, 0.3) is 0 Å². The number of likely N-dealkylation sites (tertiary alicyclic amines) is 1. The smallest absolute Gasteiger partial charge is 0.321 e. The number of aldehydes is 1. The number of hydrogen-bond acceptors (Lipinski definition) is 3. The molecule has 0 aliphatic carbocycles. The summed E-state index contributed by atoms with van der Waals surface area (Å²) < 4.78 is 0. The summed E-state index contributed by atoms with van der Waals surface area (Å²) in [5, 5.41) is 12.2. The summed E-state index contributed by atoms with van der Waals surface area (Å²) in [6.07, 6.45) is 1.70. The SMILES string of the molecule is Cc1c(C=O)cccc1NC(=O)N1CCC(O)CC1. The van der Waals surface area contributed by atoms with Gasteiger partial charge in [0.25, 0.3) is 0 Å². The van der Waals surface area contributed by atoms with Crippen molar-refractivity contribution in [3.05, 3.63) is 29.3 Å². The van der Waals surface area contributed by atoms with Crippen molar-refractivity contribution < 1.29 is 14.7 Å². The molecule has 5 nitrogen and oxygen atoms in total. The van der Waals surface area contributed by atoms with Gasteiger partial charge in [0.15, 0.2) is 0 Å². The number of aliphatic hydroxyl groups is 1. The highest BCUT2D eigenvalue weighted by atomic mass is 16.3. The molecule has 0 saturated carbocycles. The Morgan fingerprint density at radius 3 is 2.74 bits per heavy atom. The summed E-state index contributed by atoms with van der Waals surface area (Å²) in [6.45, 7) is 2.91. The zero-order valence-corrected chi connectivity index (χ0v) is 10.9. The van der Waals surface area contributed by atoms with Crippen molar-refractivity contribution in [2.75, 3.05) is 18.4 Å². The van der Waals surface area contributed by atoms with Crippen LogP contribution in [0.15, 0.2) is 18.2 Å². The van der Waals surface area contributed by atoms with E-state index in [0.717, 1.165) is 11.8 Å². The lowest BCUT2D eigenvalue weighted by molar-refractivity contribution is 0.0971. The third-order valence-electron chi connectivity index (χ3n) is 3.50. The van der Waals surface area contributed by atoms with Gasteiger partial charge in [-0.1, -0.05) is 12.1 Å². The molecule has 5 heteroatoms. The van der Waals surface area contributed by atoms with Crippen LogP contribution in [0.1, 0.15) is 28.8 Å². The van der Waals surface area contributed by atoms with Crippen LogP contribution in [0.3, 0.4) is 0 Å². The second-order valence-electron chi connectivity index (χ2n) is 4.79. The Morgan fingerprint density at radius 1 is 1.42 bits per heavy atom. The standard InChI is InChI=1S/C14H18N2O3/c1-10-11(9-17)3-2-4-13(10)15-14(19)16-7-5-12(18)6-8-16/h2-4,9,12,18H,5-8H2,1H3,(H,15,19). The number of piperidine rings is 1. The van der Waals surface area contributed by atoms with Crippen molar-refractivity contribution in [2.45, 2.75) is 25.9 Å². The van der Waals surface area contributed by atoms with Crippen LogP contribution in [0.5, 0.6) is 0 Å². The van der Waals surface area contributed by atoms with Gasteiger partial charge in [0.1, 0.15) is 6.29 Å². The third kappa shape index (κ3) is 3.12. The van der Waals surface area contributed by atoms with Gasteiger partial charge in [0.05, 0.1) is 6.10 Å². The van der Waals surface area contributed by atoms with E-state index in [0.29, 0.717) is 37.2 Å². The van der Waals surface area contributed by atoms with Crippen molar-refractivity contribution in [1.29, 1.82) is 0 Å². The van der Waals surface area contributed by atoms with Gasteiger partial charge in [-0.25, -0.2) is 4.79 Å². The molecular formula is C14H18N2O3. The fourth-order valence-electron chi connectivity index (χ4n) is 2.18. The first-order valence-electron chi connectivity index (χ1n) is 6.40. The number of aliphatic hydroxyl groups excluding tert-OH is 1. The van der Waals surface area contributed by atoms with Gasteiger partial charge < -0.3 is 15.3 Å². The van der Waals surface area contributed by atoms with E-state index >= 15 is 0 Å². The average molecular weight is 262 g/mol. The Bertz CT molecular complexity index is 480. The Hall–Kier alpha value is -1.88. The van der Waals surface area contributed by atoms with Gasteiger partial charge in [-0.05, 0) is 31.4 Å². The normalized spacial score (nSPS) is 16.2. The van der Waals surface area contributed by atoms with Crippen LogP contribution < -0.4 is 5.32 Å². The number of urea groups is 1. The lowest BCUT2D eigenvalue weighted by Crippen LogP contribution is -2.42. The second kappa shape index (κ2) is 5.84. The Labute approximate surface area is 112 Å². The summed E-state index contributed by atoms with van der Waals surface area (Å²) in [4.78, 5) is 24.6. The van der Waals surface area contributed by atoms with Crippen molar-refractivity contribution in [3.63, 3.8) is 0 Å². The van der Waals surface area contributed by atoms with E-state index in [1.54, 1.807) is 30.0 Å². The highest BCUT2D eigenvalue weighted by Crippen LogP contribution is 2.19. The molecule has 1 fully saturated rings. The molecule has 1 aliphatic heterocycles. The zero-order valence-electron chi connectivity index (χ0n) is 10.9. The van der Waals surface area contributed by atoms with Crippen molar-refractivity contribution in [3.8, 4) is 0 Å². The molecule has 2 N–H and O–H groups in total. The lowest BCUT2D eigenvalue weighted by Gasteiger charge is -2.29. The molecule has 1 saturated heterocycles. The number of benzene rings is 1. The number of carbonyl (C=O) groups excluding carboxylic acids is 2. The average Bonchev–Trinajstić information content (AvgIpc) is 2.42. The second-order valence-corrected chi connectivity index (χ2v) is 4.79. The Balaban J connectivity index is 2.05. The molecule has 0 aromatic heterocycles. The molecule has 1 aromatic carbocycles. The summed E-state index contributed by atoms with van der Waals surface area (Å²) in [6, 6.07) is 5.05. The maximum Gasteiger partial charge on any atom is 0.321 e. The molecule has 0 unspecified atom stereocenters. The van der Waals surface area contributed by atoms with E-state index in [1.165, 1.54) is 0 Å². The predicted molar refractivity (Wildman–Crippen MR) is 72.4 cm³/mol. The van der Waals surface area contributed by atoms with Gasteiger partial charge in [-0.15, -0.1) is 0 Å². The number of nitrogens with one attached hydrogen (secondary N) is 1. The van der Waals surface area contributed by atoms with E-state index in [-0.39, 0.29) is 12.1 Å². The van der Waals surface area contributed by atoms with Gasteiger partial charge in [-0.3, -0.25) is 4.79 Å². The maximum atomic E-state index is 12.1. The molecule has 1 heterocycles. The van der Waals surface area contributed by atoms with E-state index in [2.05, 4.69) is 5.32 Å². The van der Waals surface area contributed by atoms with Crippen LogP contribution in [0.4, 0.5) is 10.5 Å². The molecule has 19 heavy (non-hydrogen) atoms. The molecule has 0 bridgehead atoms. The molecule has 1 aliphatic rings. The van der Waals surface area contributed by atoms with Crippen LogP contribution in [-0.4, -0.2) is 41.5 Å². The highest BCUT2D eigenvalue weighted by Gasteiger charge is 2.21. The molecule has 0 atom stereocenters. The maximum absolute atomic E-state index is 12.1. The third-order valence-corrected chi connectivity index (χ3v) is 3.50. The minimum absolute atomic E-state index is 0.182. The van der Waals surface area contributed by atoms with Crippen molar-refractivity contribution >= 4 is 18.0 Å². The number of anilines is 1. The van der Waals surface area contributed by atoms with Crippen LogP contribution in [0, 0.1) is 6.92 Å². The Morgan fingerprint density at radius 2 is 2.11 bits per heavy atom. The minimum atomic E-state index is -0.302. The topological polar surface area (TPSA) is 69.6 Å². The molecular weight excluding hydrogens is 244 g/mol. The number of amides is 2. The van der Waals surface area contributed by atoms with E-state index < -0.39 is 0 Å². The summed E-state index contributed by atoms with van der Waals surface area (Å²) >= 11 is 0. The first-order valence-corrected chi connectivity index (χ1v) is 6.40. The van der Waals surface area contributed by atoms with Crippen molar-refractivity contribution in [2.24, 2.45) is 0 Å². The Kier molecular flexibility index (Phi) is 4.16. The largest absolute Gasteiger partial charge is 0.393 e. The molecule has 0 spiro atoms. The van der Waals surface area contributed by atoms with Crippen LogP contribution >= 0.6 is 0 Å². The van der Waals surface area contributed by atoms with E-state index in [9.17, 15) is 14.7 Å². The minimum Gasteiger partial charge on any atom is -0.393 e. The number of carbonyl (C=O) groups is 2. The highest BCUT2D eigenvalue weighted by molar-refractivity contribution is 5.92. The first kappa shape index (κ1) is 13.5. The number of rotatable bonds is 2. The van der Waals surface area contributed by atoms with Gasteiger partial charge in [-0.2, -0.15) is 0 Å². The van der Waals surface area contributed by atoms with Gasteiger partial charge >= 0.3 is 6.03 Å². The molecule has 2 rings (SSSR count). The summed E-state index contributed by atoms with van der Waals surface area (Å²) in [7, 11) is 0. The first-order chi connectivity index (χ1) is 9.11. The van der Waals surface area contributed by atoms with E-state index in [4.69, 9.17) is 0 Å². The number of hydrogen-bond donors (Lipinski definition) is 2. The van der Waals surface area contributed by atoms with E-state index in [1.807, 2.05) is 0 Å². The molecule has 0 radical (unpaired) electrons. The quantitative estimate of drug-likeness (QED) is 0.798. The van der Waals surface area contributed by atoms with Crippen LogP contribution in [0.2, 0.25) is 0 Å². The van der Waals surface area contributed by atoms with Crippen LogP contribution in [-0.2, 0) is 0 Å². The molecule has 102 valence electrons. The summed E-state index contributed by atoms with van der Waals surface area (Å²) in [5.41, 5.74) is 2.00. The fraction of sp³-hybridized carbons (Fsp3) is 0.429. The van der Waals surface area contributed by atoms with Gasteiger partial charge in [0.2, 0.25) is 0 Å². The monoisotopic (exact) mass is 262 g/mol. The zero-order chi connectivity index (χ0) is 13.8. The predicted octanol–water partition coefficient (Wildman–Crippen LogP) is 1.80. The fourth-order valence-corrected chi connectivity index (χ4v) is 2.18. The molecule has 2 amide bonds. The van der Waals surface area contributed by atoms with Gasteiger partial charge in [0, 0.05) is 24.3 Å². The number of nitrogens with zero attached hydrogens (tertiary/aromatic N) is 1.